The Hall–Kier alpha value is -3.71. The number of benzene rings is 2. The van der Waals surface area contributed by atoms with Crippen LogP contribution in [0.2, 0.25) is 0 Å². The zero-order valence-electron chi connectivity index (χ0n) is 20.9. The molecule has 0 saturated heterocycles. The first-order valence-corrected chi connectivity index (χ1v) is 11.6. The molecule has 0 heterocycles. The van der Waals surface area contributed by atoms with Gasteiger partial charge in [0.2, 0.25) is 11.2 Å². The van der Waals surface area contributed by atoms with Gasteiger partial charge in [-0.2, -0.15) is 0 Å². The average Bonchev–Trinajstić information content (AvgIpc) is 3.14. The van der Waals surface area contributed by atoms with E-state index in [-0.39, 0.29) is 11.5 Å². The SMILES string of the molecule is CN[C@H]1CCc2cc(OC)c(OC)c(OC)c2-c2ccc(NCc3ccc(OC)cc3)c(=O)cc21. The molecule has 7 nitrogen and oxygen atoms in total. The molecule has 0 spiro atoms. The second-order valence-corrected chi connectivity index (χ2v) is 8.39. The first kappa shape index (κ1) is 24.4. The van der Waals surface area contributed by atoms with Crippen LogP contribution in [0, 0.1) is 0 Å². The fraction of sp³-hybridized carbons (Fsp3) is 0.321. The van der Waals surface area contributed by atoms with Crippen molar-refractivity contribution in [1.82, 2.24) is 5.32 Å². The molecule has 35 heavy (non-hydrogen) atoms. The van der Waals surface area contributed by atoms with Crippen LogP contribution in [0.15, 0.2) is 53.3 Å². The molecule has 0 bridgehead atoms. The summed E-state index contributed by atoms with van der Waals surface area (Å²) >= 11 is 0. The van der Waals surface area contributed by atoms with Crippen LogP contribution in [0.4, 0.5) is 5.69 Å². The highest BCUT2D eigenvalue weighted by molar-refractivity contribution is 5.83. The topological polar surface area (TPSA) is 78.1 Å². The van der Waals surface area contributed by atoms with Crippen molar-refractivity contribution in [3.63, 3.8) is 0 Å². The van der Waals surface area contributed by atoms with Crippen LogP contribution >= 0.6 is 0 Å². The molecule has 3 aromatic rings. The number of nitrogens with one attached hydrogen (secondary N) is 2. The molecule has 4 rings (SSSR count). The van der Waals surface area contributed by atoms with Crippen molar-refractivity contribution >= 4 is 5.69 Å². The third kappa shape index (κ3) is 4.77. The Balaban J connectivity index is 1.83. The molecular formula is C28H32N2O5. The van der Waals surface area contributed by atoms with Crippen molar-refractivity contribution in [3.05, 3.63) is 75.4 Å². The lowest BCUT2D eigenvalue weighted by Gasteiger charge is -2.19. The van der Waals surface area contributed by atoms with Gasteiger partial charge in [0.25, 0.3) is 0 Å². The lowest BCUT2D eigenvalue weighted by Crippen LogP contribution is -2.18. The minimum atomic E-state index is -0.0668. The van der Waals surface area contributed by atoms with Crippen molar-refractivity contribution in [2.75, 3.05) is 40.8 Å². The van der Waals surface area contributed by atoms with Crippen LogP contribution < -0.4 is 35.0 Å². The van der Waals surface area contributed by atoms with Crippen molar-refractivity contribution in [1.29, 1.82) is 0 Å². The Morgan fingerprint density at radius 2 is 1.63 bits per heavy atom. The van der Waals surface area contributed by atoms with E-state index in [2.05, 4.69) is 10.6 Å². The summed E-state index contributed by atoms with van der Waals surface area (Å²) in [7, 11) is 8.41. The Kier molecular flexibility index (Phi) is 7.46. The number of ether oxygens (including phenoxy) is 4. The van der Waals surface area contributed by atoms with E-state index in [1.807, 2.05) is 49.5 Å². The monoisotopic (exact) mass is 476 g/mol. The number of aryl methyl sites for hydroxylation is 1. The second kappa shape index (κ2) is 10.7. The zero-order chi connectivity index (χ0) is 24.9. The van der Waals surface area contributed by atoms with E-state index in [0.717, 1.165) is 46.4 Å². The lowest BCUT2D eigenvalue weighted by atomic mass is 9.95. The van der Waals surface area contributed by atoms with Crippen LogP contribution in [0.25, 0.3) is 11.1 Å². The summed E-state index contributed by atoms with van der Waals surface area (Å²) in [6, 6.07) is 15.4. The summed E-state index contributed by atoms with van der Waals surface area (Å²) in [4.78, 5) is 13.3. The van der Waals surface area contributed by atoms with E-state index >= 15 is 0 Å². The summed E-state index contributed by atoms with van der Waals surface area (Å²) in [6.07, 6.45) is 1.62. The van der Waals surface area contributed by atoms with Crippen molar-refractivity contribution in [2.24, 2.45) is 0 Å². The standard InChI is InChI=1S/C28H32N2O5/c1-29-22-12-8-18-14-25(33-3)27(34-4)28(35-5)26(18)20-11-13-23(24(31)15-21(20)22)30-16-17-6-9-19(32-2)10-7-17/h6-7,9-11,13-15,22,29H,8,12,16H2,1-5H3,(H,30,31)/t22-/m0/s1. The van der Waals surface area contributed by atoms with Crippen molar-refractivity contribution in [2.45, 2.75) is 25.4 Å². The van der Waals surface area contributed by atoms with E-state index in [4.69, 9.17) is 18.9 Å². The van der Waals surface area contributed by atoms with Crippen molar-refractivity contribution in [3.8, 4) is 34.1 Å². The predicted octanol–water partition coefficient (Wildman–Crippen LogP) is 4.57. The third-order valence-corrected chi connectivity index (χ3v) is 6.53. The summed E-state index contributed by atoms with van der Waals surface area (Å²) in [6.45, 7) is 0.522. The van der Waals surface area contributed by atoms with Crippen LogP contribution in [-0.4, -0.2) is 35.5 Å². The summed E-state index contributed by atoms with van der Waals surface area (Å²) in [5.74, 6) is 2.56. The normalized spacial score (nSPS) is 14.3. The molecule has 0 unspecified atom stereocenters. The van der Waals surface area contributed by atoms with Gasteiger partial charge in [0.1, 0.15) is 5.75 Å². The molecule has 7 heteroatoms. The Morgan fingerprint density at radius 3 is 2.26 bits per heavy atom. The highest BCUT2D eigenvalue weighted by Gasteiger charge is 2.28. The molecule has 3 aromatic carbocycles. The van der Waals surface area contributed by atoms with Gasteiger partial charge in [0, 0.05) is 18.2 Å². The quantitative estimate of drug-likeness (QED) is 0.493. The maximum absolute atomic E-state index is 13.3. The van der Waals surface area contributed by atoms with E-state index in [0.29, 0.717) is 29.5 Å². The van der Waals surface area contributed by atoms with Gasteiger partial charge in [-0.15, -0.1) is 0 Å². The Morgan fingerprint density at radius 1 is 0.886 bits per heavy atom. The number of hydrogen-bond acceptors (Lipinski definition) is 7. The first-order chi connectivity index (χ1) is 17.0. The molecular weight excluding hydrogens is 444 g/mol. The molecule has 1 aliphatic rings. The second-order valence-electron chi connectivity index (χ2n) is 8.39. The molecule has 1 aliphatic carbocycles. The molecule has 0 fully saturated rings. The summed E-state index contributed by atoms with van der Waals surface area (Å²) in [5, 5.41) is 6.69. The van der Waals surface area contributed by atoms with Gasteiger partial charge in [-0.25, -0.2) is 0 Å². The maximum atomic E-state index is 13.3. The van der Waals surface area contributed by atoms with Crippen LogP contribution in [0.3, 0.4) is 0 Å². The number of hydrogen-bond donors (Lipinski definition) is 2. The average molecular weight is 477 g/mol. The summed E-state index contributed by atoms with van der Waals surface area (Å²) in [5.41, 5.74) is 5.39. The van der Waals surface area contributed by atoms with Gasteiger partial charge in [-0.3, -0.25) is 4.79 Å². The largest absolute Gasteiger partial charge is 0.497 e. The van der Waals surface area contributed by atoms with Crippen LogP contribution in [0.1, 0.15) is 29.2 Å². The number of methoxy groups -OCH3 is 4. The lowest BCUT2D eigenvalue weighted by molar-refractivity contribution is 0.324. The number of fused-ring (bicyclic) bond motifs is 3. The zero-order valence-corrected chi connectivity index (χ0v) is 20.9. The van der Waals surface area contributed by atoms with E-state index in [9.17, 15) is 4.79 Å². The maximum Gasteiger partial charge on any atom is 0.203 e. The van der Waals surface area contributed by atoms with Gasteiger partial charge in [-0.05, 0) is 72.5 Å². The molecule has 0 aliphatic heterocycles. The molecule has 0 radical (unpaired) electrons. The van der Waals surface area contributed by atoms with Gasteiger partial charge >= 0.3 is 0 Å². The van der Waals surface area contributed by atoms with Gasteiger partial charge < -0.3 is 29.6 Å². The molecule has 184 valence electrons. The molecule has 0 amide bonds. The van der Waals surface area contributed by atoms with Gasteiger partial charge in [0.05, 0.1) is 34.1 Å². The Labute approximate surface area is 206 Å². The van der Waals surface area contributed by atoms with E-state index in [1.165, 1.54) is 0 Å². The van der Waals surface area contributed by atoms with Gasteiger partial charge in [0.15, 0.2) is 11.5 Å². The minimum Gasteiger partial charge on any atom is -0.497 e. The van der Waals surface area contributed by atoms with E-state index in [1.54, 1.807) is 34.5 Å². The molecule has 0 aromatic heterocycles. The third-order valence-electron chi connectivity index (χ3n) is 6.53. The predicted molar refractivity (Wildman–Crippen MR) is 138 cm³/mol. The fourth-order valence-electron chi connectivity index (χ4n) is 4.70. The Bertz CT molecular complexity index is 1260. The molecule has 0 saturated carbocycles. The smallest absolute Gasteiger partial charge is 0.203 e. The minimum absolute atomic E-state index is 0.00799. The van der Waals surface area contributed by atoms with Crippen LogP contribution in [0.5, 0.6) is 23.0 Å². The first-order valence-electron chi connectivity index (χ1n) is 11.6. The number of anilines is 1. The van der Waals surface area contributed by atoms with Gasteiger partial charge in [-0.1, -0.05) is 18.2 Å². The molecule has 1 atom stereocenters. The summed E-state index contributed by atoms with van der Waals surface area (Å²) < 4.78 is 22.3. The van der Waals surface area contributed by atoms with E-state index < -0.39 is 0 Å². The molecule has 2 N–H and O–H groups in total. The number of rotatable bonds is 8. The highest BCUT2D eigenvalue weighted by atomic mass is 16.5. The van der Waals surface area contributed by atoms with Crippen LogP contribution in [-0.2, 0) is 13.0 Å². The highest BCUT2D eigenvalue weighted by Crippen LogP contribution is 2.50. The van der Waals surface area contributed by atoms with Crippen molar-refractivity contribution < 1.29 is 18.9 Å². The fourth-order valence-corrected chi connectivity index (χ4v) is 4.70.